The van der Waals surface area contributed by atoms with Crippen molar-refractivity contribution in [3.63, 3.8) is 0 Å². The molecule has 27 heavy (non-hydrogen) atoms. The Morgan fingerprint density at radius 3 is 2.67 bits per heavy atom. The topological polar surface area (TPSA) is 56.2 Å². The molecule has 2 N–H and O–H groups in total. The van der Waals surface area contributed by atoms with Crippen molar-refractivity contribution in [1.29, 1.82) is 0 Å². The molecule has 0 amide bonds. The van der Waals surface area contributed by atoms with Crippen LogP contribution < -0.4 is 4.74 Å². The molecule has 5 nitrogen and oxygen atoms in total. The van der Waals surface area contributed by atoms with Gasteiger partial charge >= 0.3 is 0 Å². The zero-order valence-corrected chi connectivity index (χ0v) is 15.6. The molecule has 0 spiro atoms. The van der Waals surface area contributed by atoms with Crippen molar-refractivity contribution in [3.8, 4) is 5.75 Å². The number of ether oxygens (including phenoxy) is 1. The fraction of sp³-hybridized carbons (Fsp3) is 0.455. The van der Waals surface area contributed by atoms with Crippen LogP contribution in [0.15, 0.2) is 48.5 Å². The molecule has 0 aromatic heterocycles. The number of aliphatic hydroxyl groups excluding tert-OH is 2. The van der Waals surface area contributed by atoms with E-state index in [9.17, 15) is 10.2 Å². The van der Waals surface area contributed by atoms with Crippen LogP contribution >= 0.6 is 0 Å². The maximum Gasteiger partial charge on any atom is 0.119 e. The smallest absolute Gasteiger partial charge is 0.119 e. The quantitative estimate of drug-likeness (QED) is 0.779. The fourth-order valence-electron chi connectivity index (χ4n) is 3.92. The minimum Gasteiger partial charge on any atom is -0.491 e. The van der Waals surface area contributed by atoms with E-state index >= 15 is 0 Å². The molecular weight excluding hydrogens is 340 g/mol. The average Bonchev–Trinajstić information content (AvgIpc) is 2.65. The van der Waals surface area contributed by atoms with Gasteiger partial charge in [0.25, 0.3) is 0 Å². The van der Waals surface area contributed by atoms with Crippen molar-refractivity contribution in [1.82, 2.24) is 9.80 Å². The molecule has 0 radical (unpaired) electrons. The summed E-state index contributed by atoms with van der Waals surface area (Å²) in [5.74, 6) is 0.789. The molecule has 1 saturated heterocycles. The monoisotopic (exact) mass is 368 g/mol. The van der Waals surface area contributed by atoms with E-state index in [0.29, 0.717) is 13.2 Å². The summed E-state index contributed by atoms with van der Waals surface area (Å²) >= 11 is 0. The van der Waals surface area contributed by atoms with E-state index in [1.54, 1.807) is 0 Å². The lowest BCUT2D eigenvalue weighted by Gasteiger charge is -2.35. The zero-order valence-electron chi connectivity index (χ0n) is 15.6. The summed E-state index contributed by atoms with van der Waals surface area (Å²) in [5, 5.41) is 19.8. The average molecular weight is 368 g/mol. The summed E-state index contributed by atoms with van der Waals surface area (Å²) < 4.78 is 5.83. The first-order chi connectivity index (χ1) is 13.2. The predicted molar refractivity (Wildman–Crippen MR) is 105 cm³/mol. The molecule has 2 aromatic rings. The van der Waals surface area contributed by atoms with Gasteiger partial charge < -0.3 is 14.9 Å². The summed E-state index contributed by atoms with van der Waals surface area (Å²) in [5.41, 5.74) is 3.95. The highest BCUT2D eigenvalue weighted by molar-refractivity contribution is 5.29. The third kappa shape index (κ3) is 4.87. The number of nitrogens with zero attached hydrogens (tertiary/aromatic N) is 2. The van der Waals surface area contributed by atoms with Gasteiger partial charge in [-0.1, -0.05) is 36.4 Å². The number of fused-ring (bicyclic) bond motifs is 1. The Balaban J connectivity index is 1.24. The Kier molecular flexibility index (Phi) is 5.74. The van der Waals surface area contributed by atoms with E-state index in [1.165, 1.54) is 16.7 Å². The van der Waals surface area contributed by atoms with Crippen LogP contribution in [0.3, 0.4) is 0 Å². The summed E-state index contributed by atoms with van der Waals surface area (Å²) in [7, 11) is 0. The van der Waals surface area contributed by atoms with Crippen molar-refractivity contribution >= 4 is 0 Å². The summed E-state index contributed by atoms with van der Waals surface area (Å²) in [4.78, 5) is 4.49. The van der Waals surface area contributed by atoms with Gasteiger partial charge in [-0.2, -0.15) is 0 Å². The molecule has 1 fully saturated rings. The van der Waals surface area contributed by atoms with Gasteiger partial charge in [0.2, 0.25) is 0 Å². The minimum atomic E-state index is -0.510. The van der Waals surface area contributed by atoms with Crippen LogP contribution in [0.25, 0.3) is 0 Å². The molecule has 1 atom stereocenters. The molecule has 2 aliphatic heterocycles. The van der Waals surface area contributed by atoms with Crippen LogP contribution in [0.2, 0.25) is 0 Å². The fourth-order valence-corrected chi connectivity index (χ4v) is 3.92. The normalized spacial score (nSPS) is 19.3. The lowest BCUT2D eigenvalue weighted by Crippen LogP contribution is -2.49. The van der Waals surface area contributed by atoms with Gasteiger partial charge in [0.15, 0.2) is 0 Å². The van der Waals surface area contributed by atoms with Crippen molar-refractivity contribution in [2.24, 2.45) is 0 Å². The maximum atomic E-state index is 10.4. The van der Waals surface area contributed by atoms with Crippen LogP contribution in [0.4, 0.5) is 0 Å². The van der Waals surface area contributed by atoms with E-state index < -0.39 is 6.10 Å². The number of hydrogen-bond donors (Lipinski definition) is 2. The van der Waals surface area contributed by atoms with Gasteiger partial charge in [0, 0.05) is 39.3 Å². The number of β-amino-alcohol motifs (C(OH)–C–C–N with tert-alkyl or cyclic N) is 2. The summed E-state index contributed by atoms with van der Waals surface area (Å²) in [6, 6.07) is 16.5. The highest BCUT2D eigenvalue weighted by Gasteiger charge is 2.24. The summed E-state index contributed by atoms with van der Waals surface area (Å²) in [6.45, 7) is 5.09. The van der Waals surface area contributed by atoms with Gasteiger partial charge in [-0.15, -0.1) is 0 Å². The summed E-state index contributed by atoms with van der Waals surface area (Å²) in [6.07, 6.45) is 0.350. The van der Waals surface area contributed by atoms with Crippen LogP contribution in [0, 0.1) is 0 Å². The van der Waals surface area contributed by atoms with E-state index in [1.807, 2.05) is 18.2 Å². The molecule has 0 aliphatic carbocycles. The first-order valence-electron chi connectivity index (χ1n) is 9.75. The maximum absolute atomic E-state index is 10.4. The first-order valence-corrected chi connectivity index (χ1v) is 9.75. The van der Waals surface area contributed by atoms with Crippen molar-refractivity contribution in [2.45, 2.75) is 31.7 Å². The number of rotatable bonds is 7. The molecule has 2 heterocycles. The van der Waals surface area contributed by atoms with Gasteiger partial charge in [0.1, 0.15) is 18.5 Å². The molecule has 4 rings (SSSR count). The third-order valence-corrected chi connectivity index (χ3v) is 5.36. The van der Waals surface area contributed by atoms with Gasteiger partial charge in [-0.3, -0.25) is 9.80 Å². The molecule has 0 unspecified atom stereocenters. The van der Waals surface area contributed by atoms with Crippen molar-refractivity contribution < 1.29 is 14.9 Å². The van der Waals surface area contributed by atoms with Crippen LogP contribution in [-0.4, -0.2) is 65.0 Å². The molecule has 2 aromatic carbocycles. The highest BCUT2D eigenvalue weighted by Crippen LogP contribution is 2.20. The lowest BCUT2D eigenvalue weighted by atomic mass is 10.00. The highest BCUT2D eigenvalue weighted by atomic mass is 16.5. The van der Waals surface area contributed by atoms with Gasteiger partial charge in [0.05, 0.1) is 6.10 Å². The van der Waals surface area contributed by atoms with Crippen LogP contribution in [-0.2, 0) is 19.5 Å². The van der Waals surface area contributed by atoms with Crippen LogP contribution in [0.1, 0.15) is 16.7 Å². The van der Waals surface area contributed by atoms with Gasteiger partial charge in [-0.25, -0.2) is 0 Å². The second-order valence-electron chi connectivity index (χ2n) is 7.71. The van der Waals surface area contributed by atoms with E-state index in [-0.39, 0.29) is 6.10 Å². The molecule has 5 heteroatoms. The molecule has 0 bridgehead atoms. The lowest BCUT2D eigenvalue weighted by molar-refractivity contribution is -0.00291. The first kappa shape index (κ1) is 18.4. The Bertz CT molecular complexity index is 761. The number of aliphatic hydroxyl groups is 2. The standard InChI is InChI=1S/C22H28N2O3/c25-20-13-24(14-20)11-17-4-3-7-22(10-17)27-16-21(26)15-23-9-8-18-5-1-2-6-19(18)12-23/h1-7,10,20-21,25-26H,8-9,11-16H2/t21-/m0/s1. The van der Waals surface area contributed by atoms with E-state index in [4.69, 9.17) is 4.74 Å². The van der Waals surface area contributed by atoms with Crippen LogP contribution in [0.5, 0.6) is 5.75 Å². The van der Waals surface area contributed by atoms with E-state index in [0.717, 1.165) is 44.9 Å². The second-order valence-corrected chi connectivity index (χ2v) is 7.71. The Hall–Kier alpha value is -1.92. The predicted octanol–water partition coefficient (Wildman–Crippen LogP) is 1.66. The van der Waals surface area contributed by atoms with Crippen molar-refractivity contribution in [2.75, 3.05) is 32.8 Å². The molecule has 2 aliphatic rings. The number of hydrogen-bond acceptors (Lipinski definition) is 5. The SMILES string of the molecule is OC1CN(Cc2cccc(OC[C@@H](O)CN3CCc4ccccc4C3)c2)C1. The molecule has 0 saturated carbocycles. The number of likely N-dealkylation sites (tertiary alicyclic amines) is 1. The van der Waals surface area contributed by atoms with Crippen molar-refractivity contribution in [3.05, 3.63) is 65.2 Å². The van der Waals surface area contributed by atoms with Gasteiger partial charge in [-0.05, 0) is 35.2 Å². The Morgan fingerprint density at radius 2 is 1.85 bits per heavy atom. The largest absolute Gasteiger partial charge is 0.491 e. The Morgan fingerprint density at radius 1 is 1.04 bits per heavy atom. The molecular formula is C22H28N2O3. The molecule has 144 valence electrons. The minimum absolute atomic E-state index is 0.179. The Labute approximate surface area is 160 Å². The second kappa shape index (κ2) is 8.40. The third-order valence-electron chi connectivity index (χ3n) is 5.36. The van der Waals surface area contributed by atoms with E-state index in [2.05, 4.69) is 40.1 Å². The number of benzene rings is 2. The zero-order chi connectivity index (χ0) is 18.6.